The molecule has 8 nitrogen and oxygen atoms in total. The number of amides is 1. The molecule has 1 aromatic carbocycles. The van der Waals surface area contributed by atoms with Gasteiger partial charge in [-0.1, -0.05) is 17.3 Å². The predicted octanol–water partition coefficient (Wildman–Crippen LogP) is 5.46. The van der Waals surface area contributed by atoms with Gasteiger partial charge in [0.1, 0.15) is 17.0 Å². The first-order valence-electron chi connectivity index (χ1n) is 11.8. The maximum atomic E-state index is 14.6. The van der Waals surface area contributed by atoms with Crippen LogP contribution in [0.3, 0.4) is 0 Å². The average molecular weight is 487 g/mol. The normalized spacial score (nSPS) is 15.3. The first kappa shape index (κ1) is 26.4. The number of aromatic nitrogens is 2. The van der Waals surface area contributed by atoms with E-state index < -0.39 is 17.0 Å². The molecular formula is C26H35FN4O4. The molecule has 190 valence electrons. The number of piperidine rings is 1. The highest BCUT2D eigenvalue weighted by Crippen LogP contribution is 2.24. The van der Waals surface area contributed by atoms with Crippen LogP contribution in [0.15, 0.2) is 35.7 Å². The van der Waals surface area contributed by atoms with Crippen molar-refractivity contribution in [3.8, 4) is 17.1 Å². The van der Waals surface area contributed by atoms with Crippen LogP contribution in [0.4, 0.5) is 9.18 Å². The summed E-state index contributed by atoms with van der Waals surface area (Å²) in [5, 5.41) is 3.90. The van der Waals surface area contributed by atoms with Crippen LogP contribution < -0.4 is 4.74 Å². The van der Waals surface area contributed by atoms with Gasteiger partial charge in [-0.25, -0.2) is 19.2 Å². The van der Waals surface area contributed by atoms with Gasteiger partial charge in [0.25, 0.3) is 0 Å². The Morgan fingerprint density at radius 2 is 1.77 bits per heavy atom. The molecule has 0 N–H and O–H groups in total. The van der Waals surface area contributed by atoms with Gasteiger partial charge in [-0.2, -0.15) is 0 Å². The Kier molecular flexibility index (Phi) is 8.30. The zero-order valence-corrected chi connectivity index (χ0v) is 21.4. The third-order valence-corrected chi connectivity index (χ3v) is 5.17. The van der Waals surface area contributed by atoms with Gasteiger partial charge in [-0.05, 0) is 71.9 Å². The summed E-state index contributed by atoms with van der Waals surface area (Å²) in [5.74, 6) is -0.107. The first-order valence-corrected chi connectivity index (χ1v) is 11.8. The van der Waals surface area contributed by atoms with Crippen LogP contribution in [0.2, 0.25) is 0 Å². The van der Waals surface area contributed by atoms with E-state index in [1.165, 1.54) is 12.3 Å². The number of carbonyl (C=O) groups is 1. The highest BCUT2D eigenvalue weighted by Gasteiger charge is 2.27. The van der Waals surface area contributed by atoms with Gasteiger partial charge in [0.05, 0.1) is 12.8 Å². The van der Waals surface area contributed by atoms with Crippen molar-refractivity contribution < 1.29 is 23.5 Å². The number of benzene rings is 1. The van der Waals surface area contributed by atoms with E-state index in [0.29, 0.717) is 42.3 Å². The minimum Gasteiger partial charge on any atom is -0.463 e. The van der Waals surface area contributed by atoms with E-state index in [1.807, 2.05) is 41.5 Å². The molecule has 0 atom stereocenters. The van der Waals surface area contributed by atoms with E-state index in [9.17, 15) is 9.18 Å². The van der Waals surface area contributed by atoms with E-state index >= 15 is 0 Å². The number of halogens is 1. The van der Waals surface area contributed by atoms with Crippen LogP contribution in [0.5, 0.6) is 6.01 Å². The molecule has 35 heavy (non-hydrogen) atoms. The van der Waals surface area contributed by atoms with E-state index in [1.54, 1.807) is 29.4 Å². The Labute approximate surface area is 206 Å². The molecule has 1 fully saturated rings. The minimum absolute atomic E-state index is 0.242. The Hall–Kier alpha value is -3.23. The quantitative estimate of drug-likeness (QED) is 0.398. The van der Waals surface area contributed by atoms with Gasteiger partial charge >= 0.3 is 12.1 Å². The van der Waals surface area contributed by atoms with E-state index in [4.69, 9.17) is 14.3 Å². The molecule has 2 aromatic rings. The van der Waals surface area contributed by atoms with Crippen molar-refractivity contribution in [1.29, 1.82) is 0 Å². The number of rotatable bonds is 6. The minimum atomic E-state index is -0.499. The lowest BCUT2D eigenvalue weighted by atomic mass is 9.98. The molecular weight excluding hydrogens is 451 g/mol. The van der Waals surface area contributed by atoms with Gasteiger partial charge < -0.3 is 19.2 Å². The maximum Gasteiger partial charge on any atom is 0.410 e. The molecule has 0 bridgehead atoms. The van der Waals surface area contributed by atoms with Gasteiger partial charge in [-0.15, -0.1) is 0 Å². The smallest absolute Gasteiger partial charge is 0.410 e. The summed E-state index contributed by atoms with van der Waals surface area (Å²) in [6.45, 7) is 13.0. The molecule has 0 aliphatic carbocycles. The van der Waals surface area contributed by atoms with Crippen molar-refractivity contribution in [2.45, 2.75) is 65.6 Å². The number of likely N-dealkylation sites (tertiary alicyclic amines) is 1. The Bertz CT molecular complexity index is 1020. The molecule has 1 aliphatic heterocycles. The summed E-state index contributed by atoms with van der Waals surface area (Å²) in [6, 6.07) is 5.04. The Balaban J connectivity index is 1.50. The number of ether oxygens (including phenoxy) is 2. The molecule has 1 amide bonds. The fraction of sp³-hybridized carbons (Fsp3) is 0.538. The number of hydrogen-bond donors (Lipinski definition) is 0. The fourth-order valence-electron chi connectivity index (χ4n) is 3.42. The van der Waals surface area contributed by atoms with Crippen molar-refractivity contribution >= 4 is 12.3 Å². The predicted molar refractivity (Wildman–Crippen MR) is 132 cm³/mol. The van der Waals surface area contributed by atoms with Crippen molar-refractivity contribution in [3.63, 3.8) is 0 Å². The van der Waals surface area contributed by atoms with Crippen molar-refractivity contribution in [3.05, 3.63) is 42.0 Å². The van der Waals surface area contributed by atoms with Crippen LogP contribution in [0.25, 0.3) is 11.1 Å². The molecule has 1 saturated heterocycles. The molecule has 3 rings (SSSR count). The number of nitrogens with zero attached hydrogens (tertiary/aromatic N) is 4. The highest BCUT2D eigenvalue weighted by molar-refractivity contribution is 5.80. The van der Waals surface area contributed by atoms with Gasteiger partial charge in [0, 0.05) is 36.6 Å². The summed E-state index contributed by atoms with van der Waals surface area (Å²) in [7, 11) is 0. The third kappa shape index (κ3) is 8.49. The van der Waals surface area contributed by atoms with Crippen LogP contribution in [0, 0.1) is 11.7 Å². The van der Waals surface area contributed by atoms with E-state index in [0.717, 1.165) is 12.8 Å². The Morgan fingerprint density at radius 1 is 1.11 bits per heavy atom. The summed E-state index contributed by atoms with van der Waals surface area (Å²) in [4.78, 5) is 27.7. The summed E-state index contributed by atoms with van der Waals surface area (Å²) >= 11 is 0. The van der Waals surface area contributed by atoms with Crippen molar-refractivity contribution in [2.75, 3.05) is 19.7 Å². The zero-order valence-electron chi connectivity index (χ0n) is 21.4. The lowest BCUT2D eigenvalue weighted by Gasteiger charge is -2.33. The molecule has 0 spiro atoms. The molecule has 0 unspecified atom stereocenters. The Morgan fingerprint density at radius 3 is 2.34 bits per heavy atom. The number of carbonyl (C=O) groups excluding carboxylic acids is 1. The lowest BCUT2D eigenvalue weighted by Crippen LogP contribution is -2.42. The van der Waals surface area contributed by atoms with Crippen LogP contribution >= 0.6 is 0 Å². The van der Waals surface area contributed by atoms with Crippen molar-refractivity contribution in [2.24, 2.45) is 11.1 Å². The van der Waals surface area contributed by atoms with Crippen LogP contribution in [-0.2, 0) is 9.57 Å². The van der Waals surface area contributed by atoms with Crippen LogP contribution in [0.1, 0.15) is 59.9 Å². The molecule has 1 aromatic heterocycles. The lowest BCUT2D eigenvalue weighted by molar-refractivity contribution is 0.00197. The molecule has 0 saturated carbocycles. The van der Waals surface area contributed by atoms with E-state index in [2.05, 4.69) is 15.1 Å². The zero-order chi connectivity index (χ0) is 25.6. The van der Waals surface area contributed by atoms with Gasteiger partial charge in [-0.3, -0.25) is 0 Å². The van der Waals surface area contributed by atoms with Crippen LogP contribution in [-0.4, -0.2) is 58.1 Å². The van der Waals surface area contributed by atoms with Gasteiger partial charge in [0.15, 0.2) is 0 Å². The monoisotopic (exact) mass is 486 g/mol. The molecule has 1 aliphatic rings. The second kappa shape index (κ2) is 11.0. The van der Waals surface area contributed by atoms with Crippen molar-refractivity contribution in [1.82, 2.24) is 14.9 Å². The number of hydrogen-bond acceptors (Lipinski definition) is 7. The largest absolute Gasteiger partial charge is 0.463 e. The molecule has 0 radical (unpaired) electrons. The second-order valence-electron chi connectivity index (χ2n) is 10.7. The first-order chi connectivity index (χ1) is 16.4. The third-order valence-electron chi connectivity index (χ3n) is 5.17. The van der Waals surface area contributed by atoms with Gasteiger partial charge in [0.2, 0.25) is 0 Å². The highest BCUT2D eigenvalue weighted by atomic mass is 19.1. The summed E-state index contributed by atoms with van der Waals surface area (Å²) in [6.07, 6.45) is 5.92. The SMILES string of the molecule is CC(C)(C)O/N=C/c1ccc(-c2cnc(OCC3CCN(C(=O)OC(C)(C)C)CC3)nc2)c(F)c1. The fourth-order valence-corrected chi connectivity index (χ4v) is 3.42. The summed E-state index contributed by atoms with van der Waals surface area (Å²) < 4.78 is 25.8. The topological polar surface area (TPSA) is 86.1 Å². The maximum absolute atomic E-state index is 14.6. The second-order valence-corrected chi connectivity index (χ2v) is 10.7. The summed E-state index contributed by atoms with van der Waals surface area (Å²) in [5.41, 5.74) is 0.623. The molecule has 2 heterocycles. The standard InChI is InChI=1S/C26H35FN4O4/c1-25(2,3)34-24(32)31-11-9-18(10-12-31)17-33-23-28-15-20(16-29-23)21-8-7-19(13-22(21)27)14-30-35-26(4,5)6/h7-8,13-16,18H,9-12,17H2,1-6H3/b30-14+. The average Bonchev–Trinajstić information content (AvgIpc) is 2.77. The molecule has 9 heteroatoms. The number of oxime groups is 1. The van der Waals surface area contributed by atoms with E-state index in [-0.39, 0.29) is 12.1 Å².